The second kappa shape index (κ2) is 7.88. The molecule has 28 heavy (non-hydrogen) atoms. The number of H-pyrrole nitrogens is 2. The number of anilines is 1. The molecule has 0 unspecified atom stereocenters. The maximum atomic E-state index is 12.2. The molecule has 1 amide bonds. The maximum Gasteiger partial charge on any atom is 0.252 e. The van der Waals surface area contributed by atoms with Crippen molar-refractivity contribution in [2.45, 2.75) is 51.5 Å². The molecule has 0 spiro atoms. The van der Waals surface area contributed by atoms with Gasteiger partial charge in [-0.05, 0) is 48.9 Å². The van der Waals surface area contributed by atoms with Gasteiger partial charge >= 0.3 is 0 Å². The lowest BCUT2D eigenvalue weighted by Gasteiger charge is -2.10. The van der Waals surface area contributed by atoms with Crippen LogP contribution >= 0.6 is 0 Å². The molecule has 2 aromatic heterocycles. The highest BCUT2D eigenvalue weighted by molar-refractivity contribution is 5.85. The third-order valence-corrected chi connectivity index (χ3v) is 5.31. The summed E-state index contributed by atoms with van der Waals surface area (Å²) in [5.74, 6) is -0.174. The molecule has 1 aliphatic carbocycles. The summed E-state index contributed by atoms with van der Waals surface area (Å²) in [6.45, 7) is 0.438. The number of rotatable bonds is 4. The monoisotopic (exact) mass is 379 g/mol. The lowest BCUT2D eigenvalue weighted by Crippen LogP contribution is -2.26. The van der Waals surface area contributed by atoms with Gasteiger partial charge in [0.1, 0.15) is 0 Å². The number of nitrogen functional groups attached to an aromatic ring is 1. The molecule has 7 nitrogen and oxygen atoms in total. The molecular formula is C21H25N5O2. The molecule has 0 bridgehead atoms. The van der Waals surface area contributed by atoms with E-state index < -0.39 is 0 Å². The Morgan fingerprint density at radius 3 is 2.75 bits per heavy atom. The molecule has 0 saturated carbocycles. The standard InChI is InChI=1S/C21H25N5O2/c22-21-24-14(11-20(28)26-21)10-19(27)23-12-13-7-8-18-16(9-13)15-5-3-1-2-4-6-17(15)25-18/h7-9,11,25H,1-6,10,12H2,(H,23,27)(H3,22,24,26,28). The van der Waals surface area contributed by atoms with Gasteiger partial charge in [0.15, 0.2) is 0 Å². The highest BCUT2D eigenvalue weighted by Gasteiger charge is 2.14. The van der Waals surface area contributed by atoms with Crippen molar-refractivity contribution in [3.05, 3.63) is 57.1 Å². The Balaban J connectivity index is 1.46. The van der Waals surface area contributed by atoms with E-state index >= 15 is 0 Å². The zero-order valence-corrected chi connectivity index (χ0v) is 15.8. The summed E-state index contributed by atoms with van der Waals surface area (Å²) in [6, 6.07) is 7.60. The minimum Gasteiger partial charge on any atom is -0.369 e. The van der Waals surface area contributed by atoms with Gasteiger partial charge in [-0.1, -0.05) is 18.9 Å². The summed E-state index contributed by atoms with van der Waals surface area (Å²) in [7, 11) is 0. The van der Waals surface area contributed by atoms with Crippen LogP contribution in [0.25, 0.3) is 10.9 Å². The normalized spacial score (nSPS) is 14.3. The van der Waals surface area contributed by atoms with Gasteiger partial charge in [0.05, 0.1) is 12.1 Å². The van der Waals surface area contributed by atoms with Gasteiger partial charge in [0, 0.05) is 29.2 Å². The fourth-order valence-electron chi connectivity index (χ4n) is 3.96. The van der Waals surface area contributed by atoms with Crippen molar-refractivity contribution in [2.24, 2.45) is 0 Å². The molecule has 2 heterocycles. The first-order valence-corrected chi connectivity index (χ1v) is 9.83. The van der Waals surface area contributed by atoms with E-state index in [1.165, 1.54) is 53.9 Å². The van der Waals surface area contributed by atoms with Crippen LogP contribution in [0.5, 0.6) is 0 Å². The Kier molecular flexibility index (Phi) is 5.14. The minimum absolute atomic E-state index is 0.0182. The summed E-state index contributed by atoms with van der Waals surface area (Å²) >= 11 is 0. The van der Waals surface area contributed by atoms with Gasteiger partial charge in [-0.25, -0.2) is 4.98 Å². The predicted molar refractivity (Wildman–Crippen MR) is 109 cm³/mol. The number of aromatic amines is 2. The van der Waals surface area contributed by atoms with Crippen molar-refractivity contribution in [3.63, 3.8) is 0 Å². The summed E-state index contributed by atoms with van der Waals surface area (Å²) in [5.41, 5.74) is 10.6. The third-order valence-electron chi connectivity index (χ3n) is 5.31. The first kappa shape index (κ1) is 18.3. The average molecular weight is 379 g/mol. The van der Waals surface area contributed by atoms with Gasteiger partial charge in [-0.15, -0.1) is 0 Å². The molecular weight excluding hydrogens is 354 g/mol. The summed E-state index contributed by atoms with van der Waals surface area (Å²) < 4.78 is 0. The maximum absolute atomic E-state index is 12.2. The van der Waals surface area contributed by atoms with E-state index in [1.807, 2.05) is 6.07 Å². The smallest absolute Gasteiger partial charge is 0.252 e. The van der Waals surface area contributed by atoms with Crippen LogP contribution in [0.1, 0.15) is 48.2 Å². The fraction of sp³-hybridized carbons (Fsp3) is 0.381. The van der Waals surface area contributed by atoms with Gasteiger partial charge in [0.2, 0.25) is 11.9 Å². The second-order valence-corrected chi connectivity index (χ2v) is 7.45. The fourth-order valence-corrected chi connectivity index (χ4v) is 3.96. The van der Waals surface area contributed by atoms with Gasteiger partial charge < -0.3 is 16.0 Å². The minimum atomic E-state index is -0.357. The Hall–Kier alpha value is -3.09. The molecule has 1 aromatic carbocycles. The van der Waals surface area contributed by atoms with Crippen LogP contribution < -0.4 is 16.6 Å². The van der Waals surface area contributed by atoms with Gasteiger partial charge in [-0.3, -0.25) is 14.6 Å². The predicted octanol–water partition coefficient (Wildman–Crippen LogP) is 2.35. The Bertz CT molecular complexity index is 1070. The van der Waals surface area contributed by atoms with E-state index in [0.29, 0.717) is 12.2 Å². The van der Waals surface area contributed by atoms with Crippen LogP contribution in [0.4, 0.5) is 5.95 Å². The van der Waals surface area contributed by atoms with Crippen LogP contribution in [-0.4, -0.2) is 20.9 Å². The first-order chi connectivity index (χ1) is 13.6. The van der Waals surface area contributed by atoms with Gasteiger partial charge in [0.25, 0.3) is 5.56 Å². The molecule has 3 aromatic rings. The van der Waals surface area contributed by atoms with Crippen molar-refractivity contribution in [3.8, 4) is 0 Å². The van der Waals surface area contributed by atoms with Crippen LogP contribution in [-0.2, 0) is 30.6 Å². The van der Waals surface area contributed by atoms with Crippen molar-refractivity contribution in [1.82, 2.24) is 20.3 Å². The van der Waals surface area contributed by atoms with Crippen LogP contribution in [0, 0.1) is 0 Å². The molecule has 0 atom stereocenters. The Morgan fingerprint density at radius 1 is 1.11 bits per heavy atom. The molecule has 0 fully saturated rings. The summed E-state index contributed by atoms with van der Waals surface area (Å²) in [4.78, 5) is 33.6. The number of amides is 1. The number of aromatic nitrogens is 3. The highest BCUT2D eigenvalue weighted by atomic mass is 16.1. The number of nitrogens with zero attached hydrogens (tertiary/aromatic N) is 1. The Labute approximate surface area is 162 Å². The van der Waals surface area contributed by atoms with Gasteiger partial charge in [-0.2, -0.15) is 0 Å². The molecule has 146 valence electrons. The highest BCUT2D eigenvalue weighted by Crippen LogP contribution is 2.28. The summed E-state index contributed by atoms with van der Waals surface area (Å²) in [5, 5.41) is 4.17. The lowest BCUT2D eigenvalue weighted by molar-refractivity contribution is -0.120. The largest absolute Gasteiger partial charge is 0.369 e. The Morgan fingerprint density at radius 2 is 1.93 bits per heavy atom. The van der Waals surface area contributed by atoms with E-state index in [9.17, 15) is 9.59 Å². The molecule has 0 aliphatic heterocycles. The molecule has 7 heteroatoms. The third kappa shape index (κ3) is 4.08. The van der Waals surface area contributed by atoms with Crippen molar-refractivity contribution in [1.29, 1.82) is 0 Å². The molecule has 0 radical (unpaired) electrons. The van der Waals surface area contributed by atoms with E-state index in [1.54, 1.807) is 0 Å². The van der Waals surface area contributed by atoms with E-state index in [4.69, 9.17) is 5.73 Å². The number of hydrogen-bond donors (Lipinski definition) is 4. The lowest BCUT2D eigenvalue weighted by atomic mass is 9.96. The number of carbonyl (C=O) groups is 1. The average Bonchev–Trinajstić information content (AvgIpc) is 2.95. The number of nitrogens with two attached hydrogens (primary N) is 1. The molecule has 4 rings (SSSR count). The van der Waals surface area contributed by atoms with Crippen molar-refractivity contribution in [2.75, 3.05) is 5.73 Å². The second-order valence-electron chi connectivity index (χ2n) is 7.45. The molecule has 1 aliphatic rings. The zero-order chi connectivity index (χ0) is 19.5. The molecule has 0 saturated heterocycles. The van der Waals surface area contributed by atoms with E-state index in [2.05, 4.69) is 32.4 Å². The van der Waals surface area contributed by atoms with E-state index in [-0.39, 0.29) is 23.8 Å². The van der Waals surface area contributed by atoms with Crippen molar-refractivity contribution >= 4 is 22.8 Å². The number of aryl methyl sites for hydroxylation is 2. The number of fused-ring (bicyclic) bond motifs is 3. The molecule has 5 N–H and O–H groups in total. The number of benzene rings is 1. The van der Waals surface area contributed by atoms with Crippen LogP contribution in [0.2, 0.25) is 0 Å². The SMILES string of the molecule is Nc1nc(CC(=O)NCc2ccc3[nH]c4c(c3c2)CCCCCC4)cc(=O)[nH]1. The quantitative estimate of drug-likeness (QED) is 0.557. The summed E-state index contributed by atoms with van der Waals surface area (Å²) in [6.07, 6.45) is 7.32. The number of nitrogens with one attached hydrogen (secondary N) is 3. The number of hydrogen-bond acceptors (Lipinski definition) is 4. The van der Waals surface area contributed by atoms with Crippen molar-refractivity contribution < 1.29 is 4.79 Å². The first-order valence-electron chi connectivity index (χ1n) is 9.83. The van der Waals surface area contributed by atoms with E-state index in [0.717, 1.165) is 18.4 Å². The topological polar surface area (TPSA) is 117 Å². The van der Waals surface area contributed by atoms with Crippen LogP contribution in [0.15, 0.2) is 29.1 Å². The number of carbonyl (C=O) groups excluding carboxylic acids is 1. The zero-order valence-electron chi connectivity index (χ0n) is 15.8. The van der Waals surface area contributed by atoms with Crippen LogP contribution in [0.3, 0.4) is 0 Å².